The fourth-order valence-electron chi connectivity index (χ4n) is 3.75. The van der Waals surface area contributed by atoms with Gasteiger partial charge in [-0.2, -0.15) is 0 Å². The molecule has 0 spiro atoms. The van der Waals surface area contributed by atoms with E-state index in [2.05, 4.69) is 0 Å². The van der Waals surface area contributed by atoms with E-state index in [9.17, 15) is 18.8 Å². The molecule has 8 nitrogen and oxygen atoms in total. The van der Waals surface area contributed by atoms with Crippen LogP contribution < -0.4 is 4.74 Å². The Labute approximate surface area is 210 Å². The molecular weight excluding hydrogens is 495 g/mol. The van der Waals surface area contributed by atoms with E-state index < -0.39 is 24.2 Å². The van der Waals surface area contributed by atoms with Crippen LogP contribution in [0.15, 0.2) is 47.4 Å². The zero-order chi connectivity index (χ0) is 25.1. The molecule has 1 atom stereocenters. The van der Waals surface area contributed by atoms with Crippen LogP contribution in [-0.2, 0) is 20.7 Å². The summed E-state index contributed by atoms with van der Waals surface area (Å²) in [7, 11) is 0. The first-order chi connectivity index (χ1) is 16.7. The van der Waals surface area contributed by atoms with E-state index >= 15 is 0 Å². The molecule has 182 valence electrons. The average Bonchev–Trinajstić information content (AvgIpc) is 3.29. The standard InChI is InChI=1S/C24H21FN2O6S2/c1-2-26-16(13-32-23(26)31)9-14-3-6-17(7-4-14)33-18-8-5-15(19(25)11-18)10-20-22(30)27(12-21(28)29)24(34)35-20/h3-8,10-11,16H,2,9,12-13H2,1H3,(H,28,29)/b20-10+. The highest BCUT2D eigenvalue weighted by Gasteiger charge is 2.33. The summed E-state index contributed by atoms with van der Waals surface area (Å²) in [6.45, 7) is 2.31. The van der Waals surface area contributed by atoms with E-state index in [1.54, 1.807) is 23.1 Å². The van der Waals surface area contributed by atoms with E-state index in [0.717, 1.165) is 22.2 Å². The van der Waals surface area contributed by atoms with E-state index in [-0.39, 0.29) is 32.7 Å². The van der Waals surface area contributed by atoms with Crippen molar-refractivity contribution >= 4 is 52.3 Å². The summed E-state index contributed by atoms with van der Waals surface area (Å²) >= 11 is 5.97. The van der Waals surface area contributed by atoms with Gasteiger partial charge in [-0.15, -0.1) is 0 Å². The van der Waals surface area contributed by atoms with Gasteiger partial charge in [-0.3, -0.25) is 14.5 Å². The number of carboxylic acid groups (broad SMARTS) is 1. The normalized spacial score (nSPS) is 19.0. The molecule has 1 unspecified atom stereocenters. The number of nitrogens with zero attached hydrogens (tertiary/aromatic N) is 2. The molecule has 2 heterocycles. The van der Waals surface area contributed by atoms with Crippen molar-refractivity contribution in [1.82, 2.24) is 9.80 Å². The minimum Gasteiger partial charge on any atom is -0.480 e. The van der Waals surface area contributed by atoms with Crippen molar-refractivity contribution in [2.24, 2.45) is 0 Å². The molecular formula is C24H21FN2O6S2. The van der Waals surface area contributed by atoms with Crippen LogP contribution in [0.2, 0.25) is 0 Å². The molecule has 11 heteroatoms. The molecule has 0 bridgehead atoms. The van der Waals surface area contributed by atoms with Crippen LogP contribution in [0.1, 0.15) is 18.1 Å². The number of carboxylic acids is 1. The lowest BCUT2D eigenvalue weighted by atomic mass is 10.1. The number of cyclic esters (lactones) is 1. The predicted molar refractivity (Wildman–Crippen MR) is 132 cm³/mol. The van der Waals surface area contributed by atoms with Crippen LogP contribution in [0, 0.1) is 5.82 Å². The summed E-state index contributed by atoms with van der Waals surface area (Å²) in [6, 6.07) is 11.5. The highest BCUT2D eigenvalue weighted by atomic mass is 32.2. The van der Waals surface area contributed by atoms with Gasteiger partial charge in [-0.25, -0.2) is 9.18 Å². The number of thioether (sulfide) groups is 1. The van der Waals surface area contributed by atoms with Crippen molar-refractivity contribution in [2.75, 3.05) is 19.7 Å². The molecule has 0 saturated carbocycles. The predicted octanol–water partition coefficient (Wildman–Crippen LogP) is 4.29. The second kappa shape index (κ2) is 10.4. The molecule has 0 aromatic heterocycles. The lowest BCUT2D eigenvalue weighted by Crippen LogP contribution is -2.34. The summed E-state index contributed by atoms with van der Waals surface area (Å²) in [5.74, 6) is -1.57. The Kier molecular flexibility index (Phi) is 7.37. The number of aliphatic carboxylic acids is 1. The molecule has 2 amide bonds. The first-order valence-electron chi connectivity index (χ1n) is 10.7. The third-order valence-corrected chi connectivity index (χ3v) is 6.85. The molecule has 1 N–H and O–H groups in total. The van der Waals surface area contributed by atoms with Crippen LogP contribution in [0.4, 0.5) is 9.18 Å². The summed E-state index contributed by atoms with van der Waals surface area (Å²) in [4.78, 5) is 37.8. The minimum absolute atomic E-state index is 0.00879. The third kappa shape index (κ3) is 5.63. The van der Waals surface area contributed by atoms with Gasteiger partial charge < -0.3 is 19.5 Å². The number of rotatable bonds is 8. The summed E-state index contributed by atoms with van der Waals surface area (Å²) < 4.78 is 25.7. The quantitative estimate of drug-likeness (QED) is 0.410. The molecule has 2 aromatic rings. The number of thiocarbonyl (C=S) groups is 1. The van der Waals surface area contributed by atoms with Gasteiger partial charge in [-0.1, -0.05) is 36.1 Å². The number of carbonyl (C=O) groups is 3. The monoisotopic (exact) mass is 516 g/mol. The van der Waals surface area contributed by atoms with Gasteiger partial charge in [-0.05, 0) is 49.2 Å². The van der Waals surface area contributed by atoms with Crippen LogP contribution in [0.5, 0.6) is 11.5 Å². The molecule has 4 rings (SSSR count). The second-order valence-electron chi connectivity index (χ2n) is 7.81. The summed E-state index contributed by atoms with van der Waals surface area (Å²) in [5.41, 5.74) is 1.16. The Bertz CT molecular complexity index is 1220. The Balaban J connectivity index is 1.41. The van der Waals surface area contributed by atoms with Gasteiger partial charge in [0.1, 0.15) is 34.8 Å². The Morgan fingerprint density at radius 1 is 1.26 bits per heavy atom. The van der Waals surface area contributed by atoms with Crippen LogP contribution in [-0.4, -0.2) is 62.9 Å². The van der Waals surface area contributed by atoms with Gasteiger partial charge in [0, 0.05) is 18.2 Å². The van der Waals surface area contributed by atoms with Crippen LogP contribution >= 0.6 is 24.0 Å². The number of ether oxygens (including phenoxy) is 2. The first-order valence-corrected chi connectivity index (χ1v) is 11.9. The number of halogens is 1. The molecule has 2 aliphatic rings. The second-order valence-corrected chi connectivity index (χ2v) is 9.49. The highest BCUT2D eigenvalue weighted by molar-refractivity contribution is 8.26. The molecule has 2 aliphatic heterocycles. The van der Waals surface area contributed by atoms with Crippen molar-refractivity contribution in [1.29, 1.82) is 0 Å². The number of hydrogen-bond donors (Lipinski definition) is 1. The number of amides is 2. The number of hydrogen-bond acceptors (Lipinski definition) is 7. The number of benzene rings is 2. The van der Waals surface area contributed by atoms with Crippen molar-refractivity contribution in [2.45, 2.75) is 19.4 Å². The van der Waals surface area contributed by atoms with Gasteiger partial charge >= 0.3 is 12.1 Å². The maximum atomic E-state index is 14.7. The maximum Gasteiger partial charge on any atom is 0.410 e. The summed E-state index contributed by atoms with van der Waals surface area (Å²) in [5, 5.41) is 8.92. The maximum absolute atomic E-state index is 14.7. The van der Waals surface area contributed by atoms with Gasteiger partial charge in [0.2, 0.25) is 0 Å². The lowest BCUT2D eigenvalue weighted by Gasteiger charge is -2.19. The van der Waals surface area contributed by atoms with E-state index in [1.807, 2.05) is 19.1 Å². The molecule has 0 aliphatic carbocycles. The van der Waals surface area contributed by atoms with Gasteiger partial charge in [0.15, 0.2) is 0 Å². The lowest BCUT2D eigenvalue weighted by molar-refractivity contribution is -0.140. The zero-order valence-electron chi connectivity index (χ0n) is 18.6. The van der Waals surface area contributed by atoms with Crippen LogP contribution in [0.25, 0.3) is 6.08 Å². The van der Waals surface area contributed by atoms with E-state index in [4.69, 9.17) is 26.8 Å². The average molecular weight is 517 g/mol. The Hall–Kier alpha value is -3.44. The van der Waals surface area contributed by atoms with E-state index in [0.29, 0.717) is 25.3 Å². The molecule has 2 fully saturated rings. The molecule has 35 heavy (non-hydrogen) atoms. The fourth-order valence-corrected chi connectivity index (χ4v) is 4.99. The van der Waals surface area contributed by atoms with E-state index in [1.165, 1.54) is 18.2 Å². The minimum atomic E-state index is -1.19. The third-order valence-electron chi connectivity index (χ3n) is 5.47. The van der Waals surface area contributed by atoms with Crippen molar-refractivity contribution < 1.29 is 33.4 Å². The SMILES string of the molecule is CCN1C(=O)OCC1Cc1ccc(Oc2ccc(/C=C3/SC(=S)N(CC(=O)O)C3=O)c(F)c2)cc1. The summed E-state index contributed by atoms with van der Waals surface area (Å²) in [6.07, 6.45) is 1.70. The number of likely N-dealkylation sites (N-methyl/N-ethyl adjacent to an activating group) is 1. The van der Waals surface area contributed by atoms with Crippen molar-refractivity contribution in [3.63, 3.8) is 0 Å². The highest BCUT2D eigenvalue weighted by Crippen LogP contribution is 2.33. The fraction of sp³-hybridized carbons (Fsp3) is 0.250. The topological polar surface area (TPSA) is 96.4 Å². The number of carbonyl (C=O) groups excluding carboxylic acids is 2. The van der Waals surface area contributed by atoms with Crippen molar-refractivity contribution in [3.8, 4) is 11.5 Å². The molecule has 0 radical (unpaired) electrons. The van der Waals surface area contributed by atoms with Crippen LogP contribution in [0.3, 0.4) is 0 Å². The first kappa shape index (κ1) is 24.7. The molecule has 2 saturated heterocycles. The smallest absolute Gasteiger partial charge is 0.410 e. The molecule has 2 aromatic carbocycles. The van der Waals surface area contributed by atoms with Crippen molar-refractivity contribution in [3.05, 3.63) is 64.3 Å². The Morgan fingerprint density at radius 2 is 1.97 bits per heavy atom. The van der Waals surface area contributed by atoms with Gasteiger partial charge in [0.25, 0.3) is 5.91 Å². The zero-order valence-corrected chi connectivity index (χ0v) is 20.2. The largest absolute Gasteiger partial charge is 0.480 e. The Morgan fingerprint density at radius 3 is 2.63 bits per heavy atom. The van der Waals surface area contributed by atoms with Gasteiger partial charge in [0.05, 0.1) is 10.9 Å².